The van der Waals surface area contributed by atoms with Crippen molar-refractivity contribution in [3.05, 3.63) is 66.5 Å². The van der Waals surface area contributed by atoms with Gasteiger partial charge in [0.25, 0.3) is 5.91 Å². The molecule has 0 fully saturated rings. The Kier molecular flexibility index (Phi) is 3.45. The second kappa shape index (κ2) is 5.77. The molecule has 1 N–H and O–H groups in total. The average molecular weight is 320 g/mol. The van der Waals surface area contributed by atoms with Gasteiger partial charge in [-0.2, -0.15) is 5.10 Å². The summed E-state index contributed by atoms with van der Waals surface area (Å²) in [5.41, 5.74) is 2.28. The first-order valence-electron chi connectivity index (χ1n) is 7.78. The number of amides is 1. The van der Waals surface area contributed by atoms with Gasteiger partial charge in [-0.05, 0) is 30.7 Å². The van der Waals surface area contributed by atoms with Gasteiger partial charge in [0.1, 0.15) is 0 Å². The van der Waals surface area contributed by atoms with Gasteiger partial charge in [0.2, 0.25) is 5.78 Å². The van der Waals surface area contributed by atoms with E-state index in [0.29, 0.717) is 11.3 Å². The zero-order valence-electron chi connectivity index (χ0n) is 13.1. The molecule has 0 aromatic carbocycles. The molecule has 4 rings (SSSR count). The lowest BCUT2D eigenvalue weighted by atomic mass is 10.1. The second-order valence-electron chi connectivity index (χ2n) is 5.54. The van der Waals surface area contributed by atoms with Crippen LogP contribution in [0.15, 0.2) is 55.2 Å². The Balaban J connectivity index is 1.60. The molecule has 4 aromatic rings. The van der Waals surface area contributed by atoms with Crippen LogP contribution in [-0.4, -0.2) is 29.9 Å². The van der Waals surface area contributed by atoms with Crippen LogP contribution >= 0.6 is 0 Å². The molecule has 0 saturated heterocycles. The predicted molar refractivity (Wildman–Crippen MR) is 88.7 cm³/mol. The van der Waals surface area contributed by atoms with Gasteiger partial charge in [0.15, 0.2) is 0 Å². The highest BCUT2D eigenvalue weighted by atomic mass is 16.1. The molecule has 4 aromatic heterocycles. The fourth-order valence-corrected chi connectivity index (χ4v) is 2.71. The molecule has 0 bridgehead atoms. The zero-order valence-corrected chi connectivity index (χ0v) is 13.1. The molecule has 1 atom stereocenters. The van der Waals surface area contributed by atoms with Crippen molar-refractivity contribution in [3.63, 3.8) is 0 Å². The molecule has 0 spiro atoms. The molecule has 24 heavy (non-hydrogen) atoms. The molecule has 7 heteroatoms. The van der Waals surface area contributed by atoms with E-state index < -0.39 is 0 Å². The second-order valence-corrected chi connectivity index (χ2v) is 5.54. The number of imidazole rings is 1. The minimum Gasteiger partial charge on any atom is -0.344 e. The van der Waals surface area contributed by atoms with Gasteiger partial charge >= 0.3 is 0 Å². The lowest BCUT2D eigenvalue weighted by Crippen LogP contribution is -2.28. The molecule has 0 aliphatic heterocycles. The summed E-state index contributed by atoms with van der Waals surface area (Å²) in [5.74, 6) is 0.497. The number of rotatable bonds is 4. The normalized spacial score (nSPS) is 12.5. The Morgan fingerprint density at radius 3 is 3.04 bits per heavy atom. The van der Waals surface area contributed by atoms with Crippen LogP contribution in [0.3, 0.4) is 0 Å². The highest BCUT2D eigenvalue weighted by molar-refractivity contribution is 5.95. The van der Waals surface area contributed by atoms with Gasteiger partial charge in [-0.25, -0.2) is 14.5 Å². The van der Waals surface area contributed by atoms with E-state index in [1.54, 1.807) is 29.2 Å². The van der Waals surface area contributed by atoms with E-state index in [-0.39, 0.29) is 11.9 Å². The van der Waals surface area contributed by atoms with Crippen LogP contribution in [0.25, 0.3) is 11.3 Å². The van der Waals surface area contributed by atoms with E-state index in [0.717, 1.165) is 17.6 Å². The van der Waals surface area contributed by atoms with Crippen molar-refractivity contribution in [2.75, 3.05) is 0 Å². The maximum absolute atomic E-state index is 12.6. The van der Waals surface area contributed by atoms with Crippen LogP contribution < -0.4 is 5.32 Å². The van der Waals surface area contributed by atoms with E-state index in [2.05, 4.69) is 20.4 Å². The number of fused-ring (bicyclic) bond motifs is 2. The number of nitrogens with one attached hydrogen (secondary N) is 1. The molecule has 120 valence electrons. The average Bonchev–Trinajstić information content (AvgIpc) is 3.24. The molecule has 0 aliphatic rings. The molecular weight excluding hydrogens is 304 g/mol. The first-order valence-corrected chi connectivity index (χ1v) is 7.78. The molecule has 4 heterocycles. The Morgan fingerprint density at radius 1 is 1.29 bits per heavy atom. The summed E-state index contributed by atoms with van der Waals surface area (Å²) < 4.78 is 3.57. The van der Waals surface area contributed by atoms with Gasteiger partial charge in [-0.15, -0.1) is 0 Å². The fourth-order valence-electron chi connectivity index (χ4n) is 2.71. The van der Waals surface area contributed by atoms with Crippen LogP contribution in [-0.2, 0) is 0 Å². The Hall–Kier alpha value is -3.22. The third-order valence-corrected chi connectivity index (χ3v) is 3.99. The monoisotopic (exact) mass is 320 g/mol. The summed E-state index contributed by atoms with van der Waals surface area (Å²) in [4.78, 5) is 21.3. The standard InChI is InChI=1S/C17H16N6O/c1-2-14(15-11-22-8-3-6-18-17(22)21-15)20-16(24)12-5-9-23-13(10-12)4-7-19-23/h3-11,14H,2H2,1H3,(H,20,24). The third-order valence-electron chi connectivity index (χ3n) is 3.99. The number of carbonyl (C=O) groups is 1. The van der Waals surface area contributed by atoms with E-state index in [4.69, 9.17) is 0 Å². The lowest BCUT2D eigenvalue weighted by molar-refractivity contribution is 0.0935. The first kappa shape index (κ1) is 14.4. The largest absolute Gasteiger partial charge is 0.344 e. The topological polar surface area (TPSA) is 76.6 Å². The number of nitrogens with zero attached hydrogens (tertiary/aromatic N) is 5. The Labute approximate surface area is 138 Å². The van der Waals surface area contributed by atoms with Crippen LogP contribution in [0.2, 0.25) is 0 Å². The number of hydrogen-bond donors (Lipinski definition) is 1. The zero-order chi connectivity index (χ0) is 16.5. The highest BCUT2D eigenvalue weighted by Crippen LogP contribution is 2.17. The van der Waals surface area contributed by atoms with Gasteiger partial charge in [0.05, 0.1) is 17.3 Å². The van der Waals surface area contributed by atoms with Crippen molar-refractivity contribution >= 4 is 17.2 Å². The number of pyridine rings is 1. The van der Waals surface area contributed by atoms with Crippen LogP contribution in [0.5, 0.6) is 0 Å². The van der Waals surface area contributed by atoms with Crippen molar-refractivity contribution < 1.29 is 4.79 Å². The first-order chi connectivity index (χ1) is 11.7. The molecular formula is C17H16N6O. The van der Waals surface area contributed by atoms with E-state index >= 15 is 0 Å². The van der Waals surface area contributed by atoms with Crippen LogP contribution in [0.1, 0.15) is 35.4 Å². The SMILES string of the molecule is CCC(NC(=O)c1ccn2nccc2c1)c1cn2cccnc2n1. The van der Waals surface area contributed by atoms with Gasteiger partial charge < -0.3 is 5.32 Å². The molecule has 0 aliphatic carbocycles. The summed E-state index contributed by atoms with van der Waals surface area (Å²) in [6.45, 7) is 2.02. The smallest absolute Gasteiger partial charge is 0.251 e. The molecule has 0 radical (unpaired) electrons. The molecule has 1 amide bonds. The third kappa shape index (κ3) is 2.50. The van der Waals surface area contributed by atoms with Gasteiger partial charge in [-0.3, -0.25) is 9.20 Å². The number of hydrogen-bond acceptors (Lipinski definition) is 4. The van der Waals surface area contributed by atoms with Crippen LogP contribution in [0, 0.1) is 0 Å². The summed E-state index contributed by atoms with van der Waals surface area (Å²) in [7, 11) is 0. The van der Waals surface area contributed by atoms with Crippen LogP contribution in [0.4, 0.5) is 0 Å². The van der Waals surface area contributed by atoms with Crippen molar-refractivity contribution in [2.24, 2.45) is 0 Å². The Bertz CT molecular complexity index is 985. The van der Waals surface area contributed by atoms with Crippen molar-refractivity contribution in [3.8, 4) is 0 Å². The number of aromatic nitrogens is 5. The Morgan fingerprint density at radius 2 is 2.21 bits per heavy atom. The summed E-state index contributed by atoms with van der Waals surface area (Å²) >= 11 is 0. The molecule has 0 saturated carbocycles. The van der Waals surface area contributed by atoms with Crippen molar-refractivity contribution in [1.29, 1.82) is 0 Å². The summed E-state index contributed by atoms with van der Waals surface area (Å²) in [6.07, 6.45) is 9.71. The maximum Gasteiger partial charge on any atom is 0.251 e. The molecule has 7 nitrogen and oxygen atoms in total. The van der Waals surface area contributed by atoms with E-state index in [1.165, 1.54) is 0 Å². The molecule has 1 unspecified atom stereocenters. The lowest BCUT2D eigenvalue weighted by Gasteiger charge is -2.14. The summed E-state index contributed by atoms with van der Waals surface area (Å²) in [6, 6.07) is 7.12. The summed E-state index contributed by atoms with van der Waals surface area (Å²) in [5, 5.41) is 7.18. The minimum atomic E-state index is -0.166. The quantitative estimate of drug-likeness (QED) is 0.626. The maximum atomic E-state index is 12.6. The van der Waals surface area contributed by atoms with Crippen molar-refractivity contribution in [2.45, 2.75) is 19.4 Å². The van der Waals surface area contributed by atoms with E-state index in [1.807, 2.05) is 41.9 Å². The van der Waals surface area contributed by atoms with Gasteiger partial charge in [-0.1, -0.05) is 6.92 Å². The number of carbonyl (C=O) groups excluding carboxylic acids is 1. The fraction of sp³-hybridized carbons (Fsp3) is 0.176. The predicted octanol–water partition coefficient (Wildman–Crippen LogP) is 2.26. The minimum absolute atomic E-state index is 0.129. The van der Waals surface area contributed by atoms with Crippen molar-refractivity contribution in [1.82, 2.24) is 29.3 Å². The van der Waals surface area contributed by atoms with Gasteiger partial charge in [0, 0.05) is 36.5 Å². The highest BCUT2D eigenvalue weighted by Gasteiger charge is 2.17. The van der Waals surface area contributed by atoms with E-state index in [9.17, 15) is 4.79 Å².